The number of amides is 1. The van der Waals surface area contributed by atoms with E-state index in [1.54, 1.807) is 13.2 Å². The van der Waals surface area contributed by atoms with Crippen LogP contribution in [0.4, 0.5) is 10.1 Å². The number of carbonyl (C=O) groups excluding carboxylic acids is 1. The van der Waals surface area contributed by atoms with E-state index in [1.165, 1.54) is 18.2 Å². The average Bonchev–Trinajstić information content (AvgIpc) is 2.64. The summed E-state index contributed by atoms with van der Waals surface area (Å²) in [7, 11) is 1.61. The predicted molar refractivity (Wildman–Crippen MR) is 116 cm³/mol. The number of hydrogen-bond donors (Lipinski definition) is 3. The highest BCUT2D eigenvalue weighted by molar-refractivity contribution is 14.0. The molecule has 0 unspecified atom stereocenters. The van der Waals surface area contributed by atoms with Crippen molar-refractivity contribution in [2.24, 2.45) is 4.99 Å². The molecule has 27 heavy (non-hydrogen) atoms. The van der Waals surface area contributed by atoms with Crippen molar-refractivity contribution in [2.75, 3.05) is 25.5 Å². The summed E-state index contributed by atoms with van der Waals surface area (Å²) in [6.07, 6.45) is 0. The molecule has 2 rings (SSSR count). The number of methoxy groups -OCH3 is 1. The minimum absolute atomic E-state index is 0. The Kier molecular flexibility index (Phi) is 10.2. The lowest BCUT2D eigenvalue weighted by atomic mass is 10.2. The maximum absolute atomic E-state index is 13.1. The van der Waals surface area contributed by atoms with E-state index in [0.717, 1.165) is 11.3 Å². The van der Waals surface area contributed by atoms with Crippen molar-refractivity contribution in [2.45, 2.75) is 13.5 Å². The molecule has 0 aliphatic heterocycles. The summed E-state index contributed by atoms with van der Waals surface area (Å²) in [4.78, 5) is 16.5. The molecule has 6 nitrogen and oxygen atoms in total. The van der Waals surface area contributed by atoms with Gasteiger partial charge < -0.3 is 20.7 Å². The number of hydrogen-bond acceptors (Lipinski definition) is 3. The number of carbonyl (C=O) groups is 1. The maximum Gasteiger partial charge on any atom is 0.243 e. The summed E-state index contributed by atoms with van der Waals surface area (Å²) in [6, 6.07) is 13.4. The van der Waals surface area contributed by atoms with Crippen LogP contribution in [0.25, 0.3) is 0 Å². The van der Waals surface area contributed by atoms with Gasteiger partial charge in [0.15, 0.2) is 5.96 Å². The van der Waals surface area contributed by atoms with Crippen LogP contribution in [-0.2, 0) is 11.3 Å². The Morgan fingerprint density at radius 2 is 1.93 bits per heavy atom. The fourth-order valence-corrected chi connectivity index (χ4v) is 2.27. The molecular formula is C19H24FIN4O2. The van der Waals surface area contributed by atoms with E-state index < -0.39 is 5.82 Å². The average molecular weight is 486 g/mol. The van der Waals surface area contributed by atoms with Gasteiger partial charge in [-0.15, -0.1) is 24.0 Å². The molecule has 0 spiro atoms. The largest absolute Gasteiger partial charge is 0.496 e. The van der Waals surface area contributed by atoms with Crippen LogP contribution in [-0.4, -0.2) is 32.1 Å². The van der Waals surface area contributed by atoms with Gasteiger partial charge in [-0.2, -0.15) is 0 Å². The molecule has 0 heterocycles. The number of nitrogens with one attached hydrogen (secondary N) is 3. The molecule has 0 saturated carbocycles. The molecule has 3 N–H and O–H groups in total. The first-order chi connectivity index (χ1) is 12.6. The van der Waals surface area contributed by atoms with Gasteiger partial charge in [0.05, 0.1) is 20.2 Å². The van der Waals surface area contributed by atoms with Crippen LogP contribution < -0.4 is 20.7 Å². The molecule has 8 heteroatoms. The SMILES string of the molecule is CCNC(=NCc1ccccc1OC)NCC(=O)Nc1cccc(F)c1.I. The zero-order valence-corrected chi connectivity index (χ0v) is 17.6. The van der Waals surface area contributed by atoms with E-state index in [4.69, 9.17) is 4.74 Å². The molecule has 0 aliphatic carbocycles. The Bertz CT molecular complexity index is 771. The molecular weight excluding hydrogens is 462 g/mol. The third kappa shape index (κ3) is 7.81. The van der Waals surface area contributed by atoms with E-state index in [2.05, 4.69) is 20.9 Å². The van der Waals surface area contributed by atoms with Crippen LogP contribution in [0.1, 0.15) is 12.5 Å². The second-order valence-electron chi connectivity index (χ2n) is 5.42. The van der Waals surface area contributed by atoms with Crippen molar-refractivity contribution in [1.82, 2.24) is 10.6 Å². The Balaban J connectivity index is 0.00000364. The van der Waals surface area contributed by atoms with Crippen molar-refractivity contribution < 1.29 is 13.9 Å². The first-order valence-corrected chi connectivity index (χ1v) is 8.32. The zero-order chi connectivity index (χ0) is 18.8. The summed E-state index contributed by atoms with van der Waals surface area (Å²) in [5, 5.41) is 8.66. The normalized spacial score (nSPS) is 10.6. The first-order valence-electron chi connectivity index (χ1n) is 8.32. The number of para-hydroxylation sites is 1. The third-order valence-corrected chi connectivity index (χ3v) is 3.47. The number of anilines is 1. The van der Waals surface area contributed by atoms with Gasteiger partial charge >= 0.3 is 0 Å². The number of aliphatic imine (C=N–C) groups is 1. The number of benzene rings is 2. The van der Waals surface area contributed by atoms with Crippen LogP contribution in [0.15, 0.2) is 53.5 Å². The van der Waals surface area contributed by atoms with E-state index >= 15 is 0 Å². The van der Waals surface area contributed by atoms with Crippen LogP contribution in [0.2, 0.25) is 0 Å². The van der Waals surface area contributed by atoms with Gasteiger partial charge in [-0.05, 0) is 31.2 Å². The van der Waals surface area contributed by atoms with Crippen molar-refractivity contribution in [3.05, 3.63) is 59.9 Å². The van der Waals surface area contributed by atoms with E-state index in [9.17, 15) is 9.18 Å². The minimum Gasteiger partial charge on any atom is -0.496 e. The predicted octanol–water partition coefficient (Wildman–Crippen LogP) is 3.15. The molecule has 146 valence electrons. The van der Waals surface area contributed by atoms with E-state index in [0.29, 0.717) is 24.7 Å². The van der Waals surface area contributed by atoms with Gasteiger partial charge in [-0.25, -0.2) is 9.38 Å². The highest BCUT2D eigenvalue weighted by atomic mass is 127. The van der Waals surface area contributed by atoms with Crippen LogP contribution in [0, 0.1) is 5.82 Å². The summed E-state index contributed by atoms with van der Waals surface area (Å²) in [5.74, 6) is 0.574. The quantitative estimate of drug-likeness (QED) is 0.320. The molecule has 2 aromatic carbocycles. The standard InChI is InChI=1S/C19H23FN4O2.HI/c1-3-21-19(22-12-14-7-4-5-10-17(14)26-2)23-13-18(25)24-16-9-6-8-15(20)11-16;/h4-11H,3,12-13H2,1-2H3,(H,24,25)(H2,21,22,23);1H. The van der Waals surface area contributed by atoms with Crippen LogP contribution in [0.5, 0.6) is 5.75 Å². The topological polar surface area (TPSA) is 74.8 Å². The molecule has 0 aliphatic rings. The number of ether oxygens (including phenoxy) is 1. The lowest BCUT2D eigenvalue weighted by Crippen LogP contribution is -2.41. The fourth-order valence-electron chi connectivity index (χ4n) is 2.27. The van der Waals surface area contributed by atoms with Gasteiger partial charge in [0.2, 0.25) is 5.91 Å². The number of guanidine groups is 1. The number of nitrogens with zero attached hydrogens (tertiary/aromatic N) is 1. The lowest BCUT2D eigenvalue weighted by Gasteiger charge is -2.12. The van der Waals surface area contributed by atoms with E-state index in [1.807, 2.05) is 31.2 Å². The van der Waals surface area contributed by atoms with Crippen molar-refractivity contribution in [3.8, 4) is 5.75 Å². The second kappa shape index (κ2) is 12.1. The second-order valence-corrected chi connectivity index (χ2v) is 5.42. The molecule has 2 aromatic rings. The van der Waals surface area contributed by atoms with Crippen molar-refractivity contribution in [3.63, 3.8) is 0 Å². The van der Waals surface area contributed by atoms with Crippen molar-refractivity contribution >= 4 is 41.5 Å². The first kappa shape index (κ1) is 22.7. The van der Waals surface area contributed by atoms with E-state index in [-0.39, 0.29) is 36.4 Å². The number of halogens is 2. The van der Waals surface area contributed by atoms with Gasteiger partial charge in [0.25, 0.3) is 0 Å². The van der Waals surface area contributed by atoms with Gasteiger partial charge in [0.1, 0.15) is 11.6 Å². The maximum atomic E-state index is 13.1. The summed E-state index contributed by atoms with van der Waals surface area (Å²) in [5.41, 5.74) is 1.35. The molecule has 1 amide bonds. The summed E-state index contributed by atoms with van der Waals surface area (Å²) in [6.45, 7) is 3.01. The molecule has 0 atom stereocenters. The van der Waals surface area contributed by atoms with Gasteiger partial charge in [0, 0.05) is 17.8 Å². The summed E-state index contributed by atoms with van der Waals surface area (Å²) < 4.78 is 18.5. The Hall–Kier alpha value is -2.36. The number of rotatable bonds is 7. The van der Waals surface area contributed by atoms with Crippen molar-refractivity contribution in [1.29, 1.82) is 0 Å². The summed E-state index contributed by atoms with van der Waals surface area (Å²) >= 11 is 0. The third-order valence-electron chi connectivity index (χ3n) is 3.47. The Morgan fingerprint density at radius 1 is 1.15 bits per heavy atom. The van der Waals surface area contributed by atoms with Crippen LogP contribution >= 0.6 is 24.0 Å². The molecule has 0 bridgehead atoms. The zero-order valence-electron chi connectivity index (χ0n) is 15.3. The smallest absolute Gasteiger partial charge is 0.243 e. The molecule has 0 saturated heterocycles. The Morgan fingerprint density at radius 3 is 2.63 bits per heavy atom. The van der Waals surface area contributed by atoms with Crippen LogP contribution in [0.3, 0.4) is 0 Å². The molecule has 0 radical (unpaired) electrons. The Labute approximate surface area is 175 Å². The molecule has 0 aromatic heterocycles. The lowest BCUT2D eigenvalue weighted by molar-refractivity contribution is -0.115. The van der Waals surface area contributed by atoms with Gasteiger partial charge in [-0.1, -0.05) is 24.3 Å². The highest BCUT2D eigenvalue weighted by Gasteiger charge is 2.06. The highest BCUT2D eigenvalue weighted by Crippen LogP contribution is 2.17. The minimum atomic E-state index is -0.400. The fraction of sp³-hybridized carbons (Fsp3) is 0.263. The molecule has 0 fully saturated rings. The monoisotopic (exact) mass is 486 g/mol. The van der Waals surface area contributed by atoms with Gasteiger partial charge in [-0.3, -0.25) is 4.79 Å².